The monoisotopic (exact) mass is 377 g/mol. The first-order chi connectivity index (χ1) is 13.0. The molecule has 0 aliphatic rings. The Morgan fingerprint density at radius 3 is 2.44 bits per heavy atom. The third-order valence-electron chi connectivity index (χ3n) is 3.84. The van der Waals surface area contributed by atoms with E-state index in [0.29, 0.717) is 22.1 Å². The SMILES string of the molecule is Cc1cc(C)c(Nc2cnc(C(=O)Nc3ccc(C#N)cc3)cn2)c(Cl)c1. The van der Waals surface area contributed by atoms with E-state index in [1.165, 1.54) is 12.4 Å². The Labute approximate surface area is 161 Å². The van der Waals surface area contributed by atoms with Crippen molar-refractivity contribution >= 4 is 34.7 Å². The molecule has 0 fully saturated rings. The van der Waals surface area contributed by atoms with Crippen LogP contribution in [0.25, 0.3) is 0 Å². The van der Waals surface area contributed by atoms with Crippen molar-refractivity contribution < 1.29 is 4.79 Å². The van der Waals surface area contributed by atoms with Gasteiger partial charge in [-0.3, -0.25) is 4.79 Å². The van der Waals surface area contributed by atoms with Crippen molar-refractivity contribution in [1.29, 1.82) is 5.26 Å². The highest BCUT2D eigenvalue weighted by atomic mass is 35.5. The highest BCUT2D eigenvalue weighted by Crippen LogP contribution is 2.29. The zero-order chi connectivity index (χ0) is 19.4. The van der Waals surface area contributed by atoms with Crippen LogP contribution in [-0.2, 0) is 0 Å². The number of nitriles is 1. The fourth-order valence-corrected chi connectivity index (χ4v) is 2.90. The predicted molar refractivity (Wildman–Crippen MR) is 105 cm³/mol. The lowest BCUT2D eigenvalue weighted by atomic mass is 10.1. The summed E-state index contributed by atoms with van der Waals surface area (Å²) in [6.07, 6.45) is 2.86. The first-order valence-corrected chi connectivity index (χ1v) is 8.51. The number of rotatable bonds is 4. The molecular formula is C20H16ClN5O. The van der Waals surface area contributed by atoms with Gasteiger partial charge in [-0.15, -0.1) is 0 Å². The number of benzene rings is 2. The number of nitrogens with zero attached hydrogens (tertiary/aromatic N) is 3. The highest BCUT2D eigenvalue weighted by molar-refractivity contribution is 6.33. The zero-order valence-corrected chi connectivity index (χ0v) is 15.5. The smallest absolute Gasteiger partial charge is 0.275 e. The van der Waals surface area contributed by atoms with Gasteiger partial charge in [0, 0.05) is 5.69 Å². The van der Waals surface area contributed by atoms with Crippen LogP contribution in [-0.4, -0.2) is 15.9 Å². The van der Waals surface area contributed by atoms with Crippen LogP contribution in [0.4, 0.5) is 17.2 Å². The Kier molecular flexibility index (Phi) is 5.34. The molecule has 1 aromatic heterocycles. The molecule has 0 aliphatic carbocycles. The minimum absolute atomic E-state index is 0.177. The molecule has 0 aliphatic heterocycles. The van der Waals surface area contributed by atoms with E-state index in [4.69, 9.17) is 16.9 Å². The van der Waals surface area contributed by atoms with E-state index in [2.05, 4.69) is 20.6 Å². The molecule has 1 amide bonds. The van der Waals surface area contributed by atoms with Crippen LogP contribution < -0.4 is 10.6 Å². The van der Waals surface area contributed by atoms with Gasteiger partial charge in [-0.2, -0.15) is 5.26 Å². The summed E-state index contributed by atoms with van der Waals surface area (Å²) in [5, 5.41) is 15.2. The van der Waals surface area contributed by atoms with Gasteiger partial charge in [-0.05, 0) is 55.3 Å². The molecule has 1 heterocycles. The maximum atomic E-state index is 12.3. The standard InChI is InChI=1S/C20H16ClN5O/c1-12-7-13(2)19(16(21)8-12)26-18-11-23-17(10-24-18)20(27)25-15-5-3-14(9-22)4-6-15/h3-8,10-11H,1-2H3,(H,24,26)(H,25,27). The number of aromatic nitrogens is 2. The zero-order valence-electron chi connectivity index (χ0n) is 14.7. The lowest BCUT2D eigenvalue weighted by molar-refractivity contribution is 0.102. The molecule has 0 saturated carbocycles. The molecule has 0 radical (unpaired) electrons. The van der Waals surface area contributed by atoms with Gasteiger partial charge in [0.1, 0.15) is 11.5 Å². The van der Waals surface area contributed by atoms with Gasteiger partial charge in [0.25, 0.3) is 5.91 Å². The Morgan fingerprint density at radius 1 is 1.11 bits per heavy atom. The molecule has 0 saturated heterocycles. The molecule has 2 N–H and O–H groups in total. The summed E-state index contributed by atoms with van der Waals surface area (Å²) in [5.41, 5.74) is 4.09. The van der Waals surface area contributed by atoms with E-state index in [-0.39, 0.29) is 11.6 Å². The molecule has 7 heteroatoms. The van der Waals surface area contributed by atoms with E-state index in [9.17, 15) is 4.79 Å². The van der Waals surface area contributed by atoms with Gasteiger partial charge >= 0.3 is 0 Å². The molecule has 3 rings (SSSR count). The van der Waals surface area contributed by atoms with Crippen molar-refractivity contribution in [3.63, 3.8) is 0 Å². The molecule has 134 valence electrons. The van der Waals surface area contributed by atoms with Crippen LogP contribution in [0, 0.1) is 25.2 Å². The lowest BCUT2D eigenvalue weighted by Gasteiger charge is -2.12. The number of aryl methyl sites for hydroxylation is 2. The number of halogens is 1. The second kappa shape index (κ2) is 7.85. The van der Waals surface area contributed by atoms with Gasteiger partial charge in [-0.1, -0.05) is 17.7 Å². The number of nitrogens with one attached hydrogen (secondary N) is 2. The van der Waals surface area contributed by atoms with Crippen molar-refractivity contribution in [1.82, 2.24) is 9.97 Å². The van der Waals surface area contributed by atoms with E-state index >= 15 is 0 Å². The van der Waals surface area contributed by atoms with Crippen LogP contribution in [0.5, 0.6) is 0 Å². The molecule has 0 atom stereocenters. The largest absolute Gasteiger partial charge is 0.338 e. The summed E-state index contributed by atoms with van der Waals surface area (Å²) in [6, 6.07) is 12.5. The number of hydrogen-bond donors (Lipinski definition) is 2. The number of amides is 1. The second-order valence-electron chi connectivity index (χ2n) is 5.99. The highest BCUT2D eigenvalue weighted by Gasteiger charge is 2.10. The predicted octanol–water partition coefficient (Wildman–Crippen LogP) is 4.61. The summed E-state index contributed by atoms with van der Waals surface area (Å²) in [7, 11) is 0. The van der Waals surface area contributed by atoms with Gasteiger partial charge in [0.2, 0.25) is 0 Å². The maximum Gasteiger partial charge on any atom is 0.275 e. The van der Waals surface area contributed by atoms with Gasteiger partial charge in [0.15, 0.2) is 0 Å². The van der Waals surface area contributed by atoms with Crippen molar-refractivity contribution in [3.05, 3.63) is 76.2 Å². The number of hydrogen-bond acceptors (Lipinski definition) is 5. The summed E-state index contributed by atoms with van der Waals surface area (Å²) in [5.74, 6) is 0.0992. The number of carbonyl (C=O) groups is 1. The molecular weight excluding hydrogens is 362 g/mol. The topological polar surface area (TPSA) is 90.7 Å². The molecule has 27 heavy (non-hydrogen) atoms. The van der Waals surface area contributed by atoms with E-state index in [0.717, 1.165) is 16.8 Å². The average molecular weight is 378 g/mol. The fourth-order valence-electron chi connectivity index (χ4n) is 2.54. The Morgan fingerprint density at radius 2 is 1.85 bits per heavy atom. The van der Waals surface area contributed by atoms with E-state index in [1.54, 1.807) is 24.3 Å². The van der Waals surface area contributed by atoms with Crippen molar-refractivity contribution in [2.45, 2.75) is 13.8 Å². The van der Waals surface area contributed by atoms with Crippen LogP contribution in [0.15, 0.2) is 48.8 Å². The quantitative estimate of drug-likeness (QED) is 0.692. The summed E-state index contributed by atoms with van der Waals surface area (Å²) in [6.45, 7) is 3.93. The van der Waals surface area contributed by atoms with Crippen molar-refractivity contribution in [2.75, 3.05) is 10.6 Å². The maximum absolute atomic E-state index is 12.3. The van der Waals surface area contributed by atoms with Crippen LogP contribution in [0.3, 0.4) is 0 Å². The Balaban J connectivity index is 1.71. The minimum Gasteiger partial charge on any atom is -0.338 e. The van der Waals surface area contributed by atoms with Crippen LogP contribution in [0.2, 0.25) is 5.02 Å². The number of anilines is 3. The summed E-state index contributed by atoms with van der Waals surface area (Å²) < 4.78 is 0. The Bertz CT molecular complexity index is 1000. The molecule has 3 aromatic rings. The van der Waals surface area contributed by atoms with Crippen molar-refractivity contribution in [2.24, 2.45) is 0 Å². The summed E-state index contributed by atoms with van der Waals surface area (Å²) in [4.78, 5) is 20.6. The minimum atomic E-state index is -0.386. The lowest BCUT2D eigenvalue weighted by Crippen LogP contribution is -2.14. The van der Waals surface area contributed by atoms with E-state index in [1.807, 2.05) is 32.0 Å². The molecule has 0 unspecified atom stereocenters. The average Bonchev–Trinajstić information content (AvgIpc) is 2.65. The van der Waals surface area contributed by atoms with E-state index < -0.39 is 0 Å². The third kappa shape index (κ3) is 4.40. The molecule has 6 nitrogen and oxygen atoms in total. The van der Waals surface area contributed by atoms with Gasteiger partial charge < -0.3 is 10.6 Å². The summed E-state index contributed by atoms with van der Waals surface area (Å²) >= 11 is 6.28. The fraction of sp³-hybridized carbons (Fsp3) is 0.100. The van der Waals surface area contributed by atoms with Gasteiger partial charge in [0.05, 0.1) is 34.7 Å². The molecule has 0 bridgehead atoms. The normalized spacial score (nSPS) is 10.1. The molecule has 2 aromatic carbocycles. The molecule has 0 spiro atoms. The van der Waals surface area contributed by atoms with Crippen LogP contribution >= 0.6 is 11.6 Å². The van der Waals surface area contributed by atoms with Crippen molar-refractivity contribution in [3.8, 4) is 6.07 Å². The first-order valence-electron chi connectivity index (χ1n) is 8.13. The Hall–Kier alpha value is -3.43. The second-order valence-corrected chi connectivity index (χ2v) is 6.40. The van der Waals surface area contributed by atoms with Crippen LogP contribution in [0.1, 0.15) is 27.2 Å². The third-order valence-corrected chi connectivity index (χ3v) is 4.14. The first kappa shape index (κ1) is 18.4. The van der Waals surface area contributed by atoms with Gasteiger partial charge in [-0.25, -0.2) is 9.97 Å². The number of carbonyl (C=O) groups excluding carboxylic acids is 1.